The minimum atomic E-state index is 0.137. The molecule has 3 rings (SSSR count). The van der Waals surface area contributed by atoms with E-state index in [1.807, 2.05) is 30.0 Å². The Bertz CT molecular complexity index is 593. The van der Waals surface area contributed by atoms with E-state index in [0.717, 1.165) is 36.2 Å². The summed E-state index contributed by atoms with van der Waals surface area (Å²) in [7, 11) is 1.66. The normalized spacial score (nSPS) is 24.5. The Morgan fingerprint density at radius 1 is 1.22 bits per heavy atom. The third-order valence-corrected chi connectivity index (χ3v) is 5.39. The maximum atomic E-state index is 12.5. The quantitative estimate of drug-likeness (QED) is 0.788. The van der Waals surface area contributed by atoms with E-state index in [-0.39, 0.29) is 5.91 Å². The minimum Gasteiger partial charge on any atom is -0.496 e. The summed E-state index contributed by atoms with van der Waals surface area (Å²) in [5.41, 5.74) is 2.13. The van der Waals surface area contributed by atoms with E-state index in [2.05, 4.69) is 6.07 Å². The summed E-state index contributed by atoms with van der Waals surface area (Å²) in [4.78, 5) is 14.6. The van der Waals surface area contributed by atoms with Crippen LogP contribution in [0.15, 0.2) is 24.3 Å². The molecule has 0 spiro atoms. The zero-order valence-corrected chi connectivity index (χ0v) is 14.3. The van der Waals surface area contributed by atoms with Crippen molar-refractivity contribution in [1.29, 1.82) is 0 Å². The topological polar surface area (TPSA) is 29.5 Å². The number of nitrogens with zero attached hydrogens (tertiary/aromatic N) is 1. The number of fused-ring (bicyclic) bond motifs is 1. The molecule has 1 saturated heterocycles. The molecule has 1 aliphatic heterocycles. The molecule has 0 aromatic heterocycles. The number of piperidine rings is 1. The van der Waals surface area contributed by atoms with Gasteiger partial charge in [0.25, 0.3) is 0 Å². The lowest BCUT2D eigenvalue weighted by Crippen LogP contribution is -2.44. The lowest BCUT2D eigenvalue weighted by molar-refractivity contribution is -0.128. The van der Waals surface area contributed by atoms with Crippen LogP contribution >= 0.6 is 0 Å². The van der Waals surface area contributed by atoms with Crippen molar-refractivity contribution < 1.29 is 9.53 Å². The van der Waals surface area contributed by atoms with Crippen LogP contribution in [0.2, 0.25) is 0 Å². The van der Waals surface area contributed by atoms with Crippen molar-refractivity contribution in [2.24, 2.45) is 11.8 Å². The number of hydrogen-bond acceptors (Lipinski definition) is 2. The maximum absolute atomic E-state index is 12.5. The standard InChI is InChI=1S/C20H27NO2/c1-15-7-9-19(23-2)17(13-15)8-10-20(22)21-12-11-16-5-3-4-6-18(16)14-21/h7-10,13,16,18H,3-6,11-12,14H2,1-2H3/b10-8+/t16-,18-/m0/s1. The van der Waals surface area contributed by atoms with E-state index in [1.54, 1.807) is 13.2 Å². The molecule has 0 radical (unpaired) electrons. The number of aryl methyl sites for hydroxylation is 1. The van der Waals surface area contributed by atoms with Crippen molar-refractivity contribution in [3.05, 3.63) is 35.4 Å². The van der Waals surface area contributed by atoms with E-state index < -0.39 is 0 Å². The van der Waals surface area contributed by atoms with Gasteiger partial charge in [0.05, 0.1) is 7.11 Å². The predicted octanol–water partition coefficient (Wildman–Crippen LogP) is 4.06. The molecule has 1 saturated carbocycles. The smallest absolute Gasteiger partial charge is 0.246 e. The number of likely N-dealkylation sites (tertiary alicyclic amines) is 1. The predicted molar refractivity (Wildman–Crippen MR) is 93.4 cm³/mol. The van der Waals surface area contributed by atoms with Gasteiger partial charge in [0, 0.05) is 24.7 Å². The Hall–Kier alpha value is -1.77. The van der Waals surface area contributed by atoms with Gasteiger partial charge in [-0.25, -0.2) is 0 Å². The van der Waals surface area contributed by atoms with Gasteiger partial charge in [0.1, 0.15) is 5.75 Å². The minimum absolute atomic E-state index is 0.137. The van der Waals surface area contributed by atoms with Gasteiger partial charge in [0.2, 0.25) is 5.91 Å². The summed E-state index contributed by atoms with van der Waals surface area (Å²) >= 11 is 0. The largest absolute Gasteiger partial charge is 0.496 e. The molecule has 23 heavy (non-hydrogen) atoms. The molecule has 0 bridgehead atoms. The van der Waals surface area contributed by atoms with E-state index in [1.165, 1.54) is 37.7 Å². The number of methoxy groups -OCH3 is 1. The molecule has 2 atom stereocenters. The SMILES string of the molecule is COc1ccc(C)cc1/C=C/C(=O)N1CC[C@@H]2CCCC[C@H]2C1. The highest BCUT2D eigenvalue weighted by atomic mass is 16.5. The molecule has 2 aliphatic rings. The van der Waals surface area contributed by atoms with Crippen LogP contribution in [-0.2, 0) is 4.79 Å². The van der Waals surface area contributed by atoms with Crippen molar-refractivity contribution in [1.82, 2.24) is 4.90 Å². The van der Waals surface area contributed by atoms with Gasteiger partial charge >= 0.3 is 0 Å². The fourth-order valence-electron chi connectivity index (χ4n) is 4.05. The molecule has 3 heteroatoms. The Balaban J connectivity index is 1.66. The highest BCUT2D eigenvalue weighted by Crippen LogP contribution is 2.36. The summed E-state index contributed by atoms with van der Waals surface area (Å²) in [6.45, 7) is 3.90. The molecule has 1 aromatic rings. The Kier molecular flexibility index (Phi) is 5.04. The Morgan fingerprint density at radius 2 is 2.00 bits per heavy atom. The molecule has 3 nitrogen and oxygen atoms in total. The van der Waals surface area contributed by atoms with Crippen LogP contribution in [0.1, 0.15) is 43.2 Å². The van der Waals surface area contributed by atoms with Gasteiger partial charge < -0.3 is 9.64 Å². The van der Waals surface area contributed by atoms with E-state index in [0.29, 0.717) is 0 Å². The van der Waals surface area contributed by atoms with Crippen LogP contribution in [0.4, 0.5) is 0 Å². The molecule has 124 valence electrons. The Morgan fingerprint density at radius 3 is 2.78 bits per heavy atom. The molecule has 1 heterocycles. The van der Waals surface area contributed by atoms with Crippen LogP contribution in [0, 0.1) is 18.8 Å². The number of carbonyl (C=O) groups excluding carboxylic acids is 1. The van der Waals surface area contributed by atoms with Gasteiger partial charge in [-0.15, -0.1) is 0 Å². The summed E-state index contributed by atoms with van der Waals surface area (Å²) in [6, 6.07) is 6.02. The first kappa shape index (κ1) is 16.1. The van der Waals surface area contributed by atoms with E-state index in [9.17, 15) is 4.79 Å². The summed E-state index contributed by atoms with van der Waals surface area (Å²) in [5, 5.41) is 0. The van der Waals surface area contributed by atoms with Gasteiger partial charge in [-0.05, 0) is 49.8 Å². The van der Waals surface area contributed by atoms with E-state index >= 15 is 0 Å². The highest BCUT2D eigenvalue weighted by molar-refractivity contribution is 5.92. The van der Waals surface area contributed by atoms with Crippen LogP contribution in [0.3, 0.4) is 0 Å². The zero-order valence-electron chi connectivity index (χ0n) is 14.3. The first-order chi connectivity index (χ1) is 11.2. The summed E-state index contributed by atoms with van der Waals surface area (Å²) in [5.74, 6) is 2.53. The lowest BCUT2D eigenvalue weighted by atomic mass is 9.75. The average Bonchev–Trinajstić information content (AvgIpc) is 2.59. The van der Waals surface area contributed by atoms with Crippen LogP contribution in [0.25, 0.3) is 6.08 Å². The highest BCUT2D eigenvalue weighted by Gasteiger charge is 2.32. The fourth-order valence-corrected chi connectivity index (χ4v) is 4.05. The van der Waals surface area contributed by atoms with Gasteiger partial charge in [-0.2, -0.15) is 0 Å². The number of rotatable bonds is 3. The van der Waals surface area contributed by atoms with Crippen molar-refractivity contribution in [2.45, 2.75) is 39.0 Å². The van der Waals surface area contributed by atoms with Crippen molar-refractivity contribution in [2.75, 3.05) is 20.2 Å². The number of amides is 1. The summed E-state index contributed by atoms with van der Waals surface area (Å²) < 4.78 is 5.37. The molecular formula is C20H27NO2. The van der Waals surface area contributed by atoms with Gasteiger partial charge in [-0.3, -0.25) is 4.79 Å². The zero-order chi connectivity index (χ0) is 16.2. The number of ether oxygens (including phenoxy) is 1. The second kappa shape index (κ2) is 7.20. The number of benzene rings is 1. The fraction of sp³-hybridized carbons (Fsp3) is 0.550. The first-order valence-electron chi connectivity index (χ1n) is 8.79. The monoisotopic (exact) mass is 313 g/mol. The summed E-state index contributed by atoms with van der Waals surface area (Å²) in [6.07, 6.45) is 10.1. The third-order valence-electron chi connectivity index (χ3n) is 5.39. The van der Waals surface area contributed by atoms with Crippen LogP contribution in [0.5, 0.6) is 5.75 Å². The third kappa shape index (κ3) is 3.77. The molecule has 1 aliphatic carbocycles. The lowest BCUT2D eigenvalue weighted by Gasteiger charge is -2.41. The molecular weight excluding hydrogens is 286 g/mol. The van der Waals surface area contributed by atoms with Gasteiger partial charge in [0.15, 0.2) is 0 Å². The van der Waals surface area contributed by atoms with E-state index in [4.69, 9.17) is 4.74 Å². The van der Waals surface area contributed by atoms with Crippen LogP contribution in [-0.4, -0.2) is 31.0 Å². The number of hydrogen-bond donors (Lipinski definition) is 0. The van der Waals surface area contributed by atoms with Crippen molar-refractivity contribution >= 4 is 12.0 Å². The first-order valence-corrected chi connectivity index (χ1v) is 8.79. The average molecular weight is 313 g/mol. The number of carbonyl (C=O) groups is 1. The second-order valence-corrected chi connectivity index (χ2v) is 6.96. The molecule has 0 unspecified atom stereocenters. The maximum Gasteiger partial charge on any atom is 0.246 e. The molecule has 1 aromatic carbocycles. The molecule has 0 N–H and O–H groups in total. The molecule has 2 fully saturated rings. The van der Waals surface area contributed by atoms with Crippen LogP contribution < -0.4 is 4.74 Å². The molecule has 1 amide bonds. The van der Waals surface area contributed by atoms with Crippen molar-refractivity contribution in [3.63, 3.8) is 0 Å². The Labute approximate surface area is 139 Å². The van der Waals surface area contributed by atoms with Crippen molar-refractivity contribution in [3.8, 4) is 5.75 Å². The second-order valence-electron chi connectivity index (χ2n) is 6.96. The van der Waals surface area contributed by atoms with Gasteiger partial charge in [-0.1, -0.05) is 30.9 Å².